The fourth-order valence-electron chi connectivity index (χ4n) is 5.84. The van der Waals surface area contributed by atoms with Crippen LogP contribution in [0.1, 0.15) is 17.5 Å². The van der Waals surface area contributed by atoms with E-state index in [1.807, 2.05) is 24.3 Å². The van der Waals surface area contributed by atoms with Gasteiger partial charge in [0.1, 0.15) is 21.3 Å². The molecule has 1 fully saturated rings. The first-order valence-electron chi connectivity index (χ1n) is 14.3. The molecule has 0 radical (unpaired) electrons. The van der Waals surface area contributed by atoms with Gasteiger partial charge in [-0.3, -0.25) is 25.0 Å². The normalized spacial score (nSPS) is 15.4. The fourth-order valence-corrected chi connectivity index (χ4v) is 6.45. The van der Waals surface area contributed by atoms with Crippen LogP contribution in [0.2, 0.25) is 0 Å². The number of aromatic nitrogens is 6. The topological polar surface area (TPSA) is 121 Å². The predicted octanol–water partition coefficient (Wildman–Crippen LogP) is 5.80. The lowest BCUT2D eigenvalue weighted by Crippen LogP contribution is -2.24. The minimum Gasteiger partial charge on any atom is -0.353 e. The third-order valence-electron chi connectivity index (χ3n) is 7.99. The van der Waals surface area contributed by atoms with Gasteiger partial charge in [0.15, 0.2) is 0 Å². The van der Waals surface area contributed by atoms with Crippen molar-refractivity contribution in [2.24, 2.45) is 0 Å². The third kappa shape index (κ3) is 6.18. The Kier molecular flexibility index (Phi) is 7.16. The average molecular weight is 632 g/mol. The Labute approximate surface area is 256 Å². The van der Waals surface area contributed by atoms with E-state index in [4.69, 9.17) is 0 Å². The van der Waals surface area contributed by atoms with Crippen molar-refractivity contribution < 1.29 is 21.6 Å². The molecule has 1 aliphatic heterocycles. The molecule has 5 aromatic heterocycles. The van der Waals surface area contributed by atoms with Crippen LogP contribution in [0.5, 0.6) is 0 Å². The van der Waals surface area contributed by atoms with Gasteiger partial charge in [-0.1, -0.05) is 0 Å². The number of likely N-dealkylation sites (tertiary alicyclic amines) is 1. The lowest BCUT2D eigenvalue weighted by atomic mass is 10.0. The number of nitrogens with one attached hydrogen (secondary N) is 2. The maximum atomic E-state index is 14.6. The van der Waals surface area contributed by atoms with Gasteiger partial charge < -0.3 is 4.98 Å². The maximum Gasteiger partial charge on any atom is 0.261 e. The van der Waals surface area contributed by atoms with Crippen molar-refractivity contribution in [3.05, 3.63) is 84.2 Å². The first-order valence-corrected chi connectivity index (χ1v) is 16.4. The van der Waals surface area contributed by atoms with Crippen LogP contribution in [-0.2, 0) is 22.8 Å². The van der Waals surface area contributed by atoms with Crippen molar-refractivity contribution in [2.45, 2.75) is 25.3 Å². The quantitative estimate of drug-likeness (QED) is 0.218. The van der Waals surface area contributed by atoms with Crippen molar-refractivity contribution in [3.8, 4) is 33.9 Å². The number of halogens is 3. The van der Waals surface area contributed by atoms with Crippen LogP contribution >= 0.6 is 0 Å². The summed E-state index contributed by atoms with van der Waals surface area (Å²) in [5, 5.41) is 9.13. The second-order valence-electron chi connectivity index (χ2n) is 11.6. The zero-order valence-corrected chi connectivity index (χ0v) is 25.0. The van der Waals surface area contributed by atoms with Gasteiger partial charge in [0.25, 0.3) is 5.92 Å². The first-order chi connectivity index (χ1) is 21.5. The summed E-state index contributed by atoms with van der Waals surface area (Å²) >= 11 is 0. The lowest BCUT2D eigenvalue weighted by Gasteiger charge is -2.15. The number of pyridine rings is 3. The molecule has 6 heterocycles. The number of alkyl halides is 2. The summed E-state index contributed by atoms with van der Waals surface area (Å²) in [6.07, 6.45) is 7.92. The molecular weight excluding hydrogens is 603 g/mol. The molecule has 7 rings (SSSR count). The SMILES string of the molecule is CS(=O)(=O)CCc1cc(F)cc(-c2nccc3[nH]c(-c4n[nH]c5cnc(-c6cncc(CN7CCC(F)(F)C7)c6)cc45)cc23)c1. The van der Waals surface area contributed by atoms with E-state index in [0.29, 0.717) is 47.0 Å². The standard InChI is InChI=1S/C32H28F3N7O2S/c1-45(43,44)7-3-19-8-21(11-23(33)10-19)30-24-13-28(39-26(24)2-5-37-30)31-25-12-27(38-16-29(25)40-41-31)22-9-20(14-36-15-22)17-42-6-4-32(34,35)18-42/h2,5,8-16,39H,3-4,6-7,17-18H2,1H3,(H,40,41). The van der Waals surface area contributed by atoms with Crippen molar-refractivity contribution in [1.29, 1.82) is 0 Å². The molecule has 1 aromatic carbocycles. The molecule has 2 N–H and O–H groups in total. The van der Waals surface area contributed by atoms with Crippen LogP contribution in [0.3, 0.4) is 0 Å². The van der Waals surface area contributed by atoms with Crippen LogP contribution in [-0.4, -0.2) is 74.5 Å². The zero-order valence-electron chi connectivity index (χ0n) is 24.2. The van der Waals surface area contributed by atoms with E-state index in [0.717, 1.165) is 39.2 Å². The third-order valence-corrected chi connectivity index (χ3v) is 8.93. The molecule has 0 saturated carbocycles. The molecule has 6 aromatic rings. The zero-order chi connectivity index (χ0) is 31.3. The summed E-state index contributed by atoms with van der Waals surface area (Å²) < 4.78 is 65.4. The number of hydrogen-bond donors (Lipinski definition) is 2. The number of sulfone groups is 1. The van der Waals surface area contributed by atoms with E-state index < -0.39 is 21.6 Å². The van der Waals surface area contributed by atoms with Crippen molar-refractivity contribution in [2.75, 3.05) is 25.1 Å². The molecule has 0 atom stereocenters. The largest absolute Gasteiger partial charge is 0.353 e. The number of H-pyrrole nitrogens is 2. The van der Waals surface area contributed by atoms with Crippen molar-refractivity contribution in [3.63, 3.8) is 0 Å². The molecule has 1 aliphatic rings. The number of fused-ring (bicyclic) bond motifs is 2. The molecule has 1 saturated heterocycles. The highest BCUT2D eigenvalue weighted by atomic mass is 32.2. The van der Waals surface area contributed by atoms with E-state index >= 15 is 0 Å². The lowest BCUT2D eigenvalue weighted by molar-refractivity contribution is 0.0115. The molecule has 13 heteroatoms. The minimum atomic E-state index is -3.21. The number of aryl methyl sites for hydroxylation is 1. The molecule has 0 bridgehead atoms. The monoisotopic (exact) mass is 631 g/mol. The molecule has 45 heavy (non-hydrogen) atoms. The van der Waals surface area contributed by atoms with Gasteiger partial charge in [-0.2, -0.15) is 5.10 Å². The first kappa shape index (κ1) is 29.1. The molecule has 0 spiro atoms. The summed E-state index contributed by atoms with van der Waals surface area (Å²) in [6.45, 7) is 0.460. The highest BCUT2D eigenvalue weighted by Crippen LogP contribution is 2.35. The number of hydrogen-bond acceptors (Lipinski definition) is 7. The smallest absolute Gasteiger partial charge is 0.261 e. The predicted molar refractivity (Wildman–Crippen MR) is 166 cm³/mol. The van der Waals surface area contributed by atoms with Crippen LogP contribution in [0.4, 0.5) is 13.2 Å². The van der Waals surface area contributed by atoms with Gasteiger partial charge in [-0.05, 0) is 60.0 Å². The molecule has 9 nitrogen and oxygen atoms in total. The molecule has 0 unspecified atom stereocenters. The van der Waals surface area contributed by atoms with E-state index in [1.54, 1.807) is 35.8 Å². The molecule has 230 valence electrons. The van der Waals surface area contributed by atoms with E-state index in [-0.39, 0.29) is 25.1 Å². The number of nitrogens with zero attached hydrogens (tertiary/aromatic N) is 5. The van der Waals surface area contributed by atoms with Crippen LogP contribution in [0, 0.1) is 5.82 Å². The van der Waals surface area contributed by atoms with E-state index in [2.05, 4.69) is 30.1 Å². The summed E-state index contributed by atoms with van der Waals surface area (Å²) in [5.41, 5.74) is 6.74. The fraction of sp³-hybridized carbons (Fsp3) is 0.250. The van der Waals surface area contributed by atoms with Crippen LogP contribution in [0.25, 0.3) is 55.7 Å². The summed E-state index contributed by atoms with van der Waals surface area (Å²) in [5.74, 6) is -3.21. The molecule has 0 amide bonds. The highest BCUT2D eigenvalue weighted by Gasteiger charge is 2.37. The Hall–Kier alpha value is -4.62. The Balaban J connectivity index is 1.22. The average Bonchev–Trinajstić information content (AvgIpc) is 3.71. The molecule has 0 aliphatic carbocycles. The Morgan fingerprint density at radius 2 is 1.76 bits per heavy atom. The van der Waals surface area contributed by atoms with Crippen molar-refractivity contribution >= 4 is 31.6 Å². The summed E-state index contributed by atoms with van der Waals surface area (Å²) in [6, 6.07) is 12.0. The van der Waals surface area contributed by atoms with Gasteiger partial charge >= 0.3 is 0 Å². The Bertz CT molecular complexity index is 2180. The Morgan fingerprint density at radius 1 is 0.933 bits per heavy atom. The highest BCUT2D eigenvalue weighted by molar-refractivity contribution is 7.90. The second-order valence-corrected chi connectivity index (χ2v) is 13.9. The van der Waals surface area contributed by atoms with Gasteiger partial charge in [0.05, 0.1) is 41.1 Å². The number of aromatic amines is 2. The number of benzene rings is 1. The van der Waals surface area contributed by atoms with Crippen molar-refractivity contribution in [1.82, 2.24) is 35.0 Å². The van der Waals surface area contributed by atoms with Gasteiger partial charge in [0.2, 0.25) is 0 Å². The maximum absolute atomic E-state index is 14.6. The van der Waals surface area contributed by atoms with Crippen LogP contribution in [0.15, 0.2) is 67.3 Å². The van der Waals surface area contributed by atoms with Crippen LogP contribution < -0.4 is 0 Å². The summed E-state index contributed by atoms with van der Waals surface area (Å²) in [4.78, 5) is 18.6. The number of rotatable bonds is 8. The molecular formula is C32H28F3N7O2S. The Morgan fingerprint density at radius 3 is 2.56 bits per heavy atom. The second kappa shape index (κ2) is 11.1. The van der Waals surface area contributed by atoms with Gasteiger partial charge in [-0.15, -0.1) is 0 Å². The van der Waals surface area contributed by atoms with Gasteiger partial charge in [-0.25, -0.2) is 21.6 Å². The van der Waals surface area contributed by atoms with Gasteiger partial charge in [0, 0.05) is 71.8 Å². The van der Waals surface area contributed by atoms with E-state index in [1.165, 1.54) is 12.1 Å². The summed E-state index contributed by atoms with van der Waals surface area (Å²) in [7, 11) is -3.21. The van der Waals surface area contributed by atoms with E-state index in [9.17, 15) is 21.6 Å². The minimum absolute atomic E-state index is 0.0807.